The molecule has 0 spiro atoms. The molecule has 0 aromatic carbocycles. The van der Waals surface area contributed by atoms with E-state index in [1.807, 2.05) is 0 Å². The third-order valence-corrected chi connectivity index (χ3v) is 3.66. The van der Waals surface area contributed by atoms with Crippen LogP contribution in [0.25, 0.3) is 0 Å². The fraction of sp³-hybridized carbons (Fsp3) is 0.667. The minimum absolute atomic E-state index is 0.0626. The predicted molar refractivity (Wildman–Crippen MR) is 63.8 cm³/mol. The van der Waals surface area contributed by atoms with Crippen molar-refractivity contribution in [3.63, 3.8) is 0 Å². The number of amides is 1. The number of likely N-dealkylation sites (tertiary alicyclic amines) is 1. The first-order valence-corrected chi connectivity index (χ1v) is 6.36. The number of carbonyl (C=O) groups excluding carboxylic acids is 1. The lowest BCUT2D eigenvalue weighted by atomic mass is 10.1. The third kappa shape index (κ3) is 2.49. The van der Waals surface area contributed by atoms with Crippen LogP contribution >= 0.6 is 0 Å². The Morgan fingerprint density at radius 1 is 1.24 bits per heavy atom. The molecule has 5 heteroatoms. The third-order valence-electron chi connectivity index (χ3n) is 3.66. The summed E-state index contributed by atoms with van der Waals surface area (Å²) in [6.45, 7) is 2.25. The van der Waals surface area contributed by atoms with Gasteiger partial charge in [-0.3, -0.25) is 4.57 Å². The van der Waals surface area contributed by atoms with Gasteiger partial charge in [0.05, 0.1) is 0 Å². The first-order valence-electron chi connectivity index (χ1n) is 6.36. The van der Waals surface area contributed by atoms with Crippen molar-refractivity contribution in [2.75, 3.05) is 13.1 Å². The van der Waals surface area contributed by atoms with Gasteiger partial charge >= 0.3 is 6.03 Å². The molecular weight excluding hydrogens is 216 g/mol. The fourth-order valence-electron chi connectivity index (χ4n) is 2.48. The second kappa shape index (κ2) is 4.49. The Morgan fingerprint density at radius 3 is 2.59 bits per heavy atom. The Morgan fingerprint density at radius 2 is 2.00 bits per heavy atom. The summed E-state index contributed by atoms with van der Waals surface area (Å²) in [7, 11) is 0. The Labute approximate surface area is 101 Å². The zero-order chi connectivity index (χ0) is 11.7. The number of rotatable bonds is 2. The van der Waals surface area contributed by atoms with Gasteiger partial charge < -0.3 is 10.2 Å². The van der Waals surface area contributed by atoms with Gasteiger partial charge in [0.2, 0.25) is 0 Å². The van der Waals surface area contributed by atoms with Crippen LogP contribution in [0.4, 0.5) is 4.79 Å². The van der Waals surface area contributed by atoms with Gasteiger partial charge in [0.15, 0.2) is 0 Å². The molecule has 5 nitrogen and oxygen atoms in total. The van der Waals surface area contributed by atoms with E-state index in [4.69, 9.17) is 0 Å². The van der Waals surface area contributed by atoms with Gasteiger partial charge in [-0.05, 0) is 25.7 Å². The number of aromatic nitrogens is 2. The highest BCUT2D eigenvalue weighted by Crippen LogP contribution is 2.29. The van der Waals surface area contributed by atoms with Crippen LogP contribution in [0, 0.1) is 0 Å². The number of piperidine rings is 1. The van der Waals surface area contributed by atoms with Crippen molar-refractivity contribution in [1.82, 2.24) is 19.8 Å². The van der Waals surface area contributed by atoms with Crippen molar-refractivity contribution < 1.29 is 4.79 Å². The maximum absolute atomic E-state index is 11.8. The monoisotopic (exact) mass is 234 g/mol. The Hall–Kier alpha value is -1.36. The molecular formula is C12H18N4O. The van der Waals surface area contributed by atoms with Crippen LogP contribution < -0.4 is 5.32 Å². The lowest BCUT2D eigenvalue weighted by Gasteiger charge is -2.32. The molecule has 1 aromatic heterocycles. The molecule has 1 N–H and O–H groups in total. The summed E-state index contributed by atoms with van der Waals surface area (Å²) in [6, 6.07) is 1.10. The van der Waals surface area contributed by atoms with Crippen LogP contribution in [0.3, 0.4) is 0 Å². The minimum atomic E-state index is -0.0626. The second-order valence-corrected chi connectivity index (χ2v) is 4.96. The van der Waals surface area contributed by atoms with Crippen molar-refractivity contribution >= 4 is 6.03 Å². The SMILES string of the molecule is O=C(NC1CCN(C2CC2)CC1)n1ccnc1. The van der Waals surface area contributed by atoms with E-state index in [-0.39, 0.29) is 6.03 Å². The molecule has 17 heavy (non-hydrogen) atoms. The lowest BCUT2D eigenvalue weighted by molar-refractivity contribution is 0.186. The average molecular weight is 234 g/mol. The van der Waals surface area contributed by atoms with Gasteiger partial charge in [0, 0.05) is 37.6 Å². The minimum Gasteiger partial charge on any atom is -0.335 e. The van der Waals surface area contributed by atoms with E-state index in [9.17, 15) is 4.79 Å². The summed E-state index contributed by atoms with van der Waals surface area (Å²) < 4.78 is 1.49. The summed E-state index contributed by atoms with van der Waals surface area (Å²) >= 11 is 0. The average Bonchev–Trinajstić information content (AvgIpc) is 3.05. The van der Waals surface area contributed by atoms with Crippen molar-refractivity contribution in [1.29, 1.82) is 0 Å². The highest BCUT2D eigenvalue weighted by molar-refractivity contribution is 5.76. The largest absolute Gasteiger partial charge is 0.335 e. The number of hydrogen-bond donors (Lipinski definition) is 1. The number of nitrogens with zero attached hydrogens (tertiary/aromatic N) is 3. The van der Waals surface area contributed by atoms with Crippen LogP contribution in [-0.4, -0.2) is 45.7 Å². The van der Waals surface area contributed by atoms with Gasteiger partial charge in [-0.1, -0.05) is 0 Å². The molecule has 1 aliphatic carbocycles. The first-order chi connectivity index (χ1) is 8.33. The molecule has 0 atom stereocenters. The number of carbonyl (C=O) groups is 1. The van der Waals surface area contributed by atoms with Crippen molar-refractivity contribution in [2.45, 2.75) is 37.8 Å². The fourth-order valence-corrected chi connectivity index (χ4v) is 2.48. The van der Waals surface area contributed by atoms with Gasteiger partial charge in [0.1, 0.15) is 6.33 Å². The summed E-state index contributed by atoms with van der Waals surface area (Å²) in [6.07, 6.45) is 9.70. The molecule has 2 heterocycles. The van der Waals surface area contributed by atoms with Gasteiger partial charge in [0.25, 0.3) is 0 Å². The highest BCUT2D eigenvalue weighted by atomic mass is 16.2. The second-order valence-electron chi connectivity index (χ2n) is 4.96. The standard InChI is InChI=1S/C12H18N4O/c17-12(16-8-5-13-9-16)14-10-3-6-15(7-4-10)11-1-2-11/h5,8-11H,1-4,6-7H2,(H,14,17). The Kier molecular flexibility index (Phi) is 2.84. The van der Waals surface area contributed by atoms with E-state index >= 15 is 0 Å². The summed E-state index contributed by atoms with van der Waals surface area (Å²) in [5, 5.41) is 3.06. The van der Waals surface area contributed by atoms with E-state index in [1.54, 1.807) is 12.4 Å². The van der Waals surface area contributed by atoms with Crippen LogP contribution in [0.15, 0.2) is 18.7 Å². The van der Waals surface area contributed by atoms with E-state index in [0.29, 0.717) is 6.04 Å². The van der Waals surface area contributed by atoms with E-state index in [0.717, 1.165) is 32.0 Å². The molecule has 1 aromatic rings. The van der Waals surface area contributed by atoms with Crippen LogP contribution in [0.2, 0.25) is 0 Å². The van der Waals surface area contributed by atoms with E-state index in [2.05, 4.69) is 15.2 Å². The number of hydrogen-bond acceptors (Lipinski definition) is 3. The number of imidazole rings is 1. The maximum Gasteiger partial charge on any atom is 0.327 e. The molecule has 2 aliphatic rings. The molecule has 0 radical (unpaired) electrons. The Balaban J connectivity index is 1.48. The molecule has 2 fully saturated rings. The molecule has 1 amide bonds. The van der Waals surface area contributed by atoms with E-state index < -0.39 is 0 Å². The van der Waals surface area contributed by atoms with Crippen LogP contribution in [0.1, 0.15) is 25.7 Å². The van der Waals surface area contributed by atoms with Crippen LogP contribution in [0.5, 0.6) is 0 Å². The van der Waals surface area contributed by atoms with Crippen molar-refractivity contribution in [3.05, 3.63) is 18.7 Å². The molecule has 3 rings (SSSR count). The molecule has 92 valence electrons. The van der Waals surface area contributed by atoms with Crippen molar-refractivity contribution in [3.8, 4) is 0 Å². The van der Waals surface area contributed by atoms with E-state index in [1.165, 1.54) is 23.7 Å². The highest BCUT2D eigenvalue weighted by Gasteiger charge is 2.32. The molecule has 1 aliphatic heterocycles. The lowest BCUT2D eigenvalue weighted by Crippen LogP contribution is -2.46. The van der Waals surface area contributed by atoms with Gasteiger partial charge in [-0.2, -0.15) is 0 Å². The zero-order valence-electron chi connectivity index (χ0n) is 9.88. The predicted octanol–water partition coefficient (Wildman–Crippen LogP) is 1.07. The van der Waals surface area contributed by atoms with Gasteiger partial charge in [-0.25, -0.2) is 9.78 Å². The zero-order valence-corrected chi connectivity index (χ0v) is 9.88. The van der Waals surface area contributed by atoms with Gasteiger partial charge in [-0.15, -0.1) is 0 Å². The maximum atomic E-state index is 11.8. The smallest absolute Gasteiger partial charge is 0.327 e. The molecule has 1 saturated heterocycles. The summed E-state index contributed by atoms with van der Waals surface area (Å²) in [5.41, 5.74) is 0. The normalized spacial score (nSPS) is 22.6. The Bertz CT molecular complexity index is 377. The molecule has 0 unspecified atom stereocenters. The molecule has 0 bridgehead atoms. The summed E-state index contributed by atoms with van der Waals surface area (Å²) in [4.78, 5) is 18.2. The topological polar surface area (TPSA) is 50.2 Å². The summed E-state index contributed by atoms with van der Waals surface area (Å²) in [5.74, 6) is 0. The molecule has 1 saturated carbocycles. The van der Waals surface area contributed by atoms with Crippen LogP contribution in [-0.2, 0) is 0 Å². The quantitative estimate of drug-likeness (QED) is 0.832. The number of nitrogens with one attached hydrogen (secondary N) is 1. The first kappa shape index (κ1) is 10.8. The van der Waals surface area contributed by atoms with Crippen molar-refractivity contribution in [2.24, 2.45) is 0 Å².